The van der Waals surface area contributed by atoms with Gasteiger partial charge in [0.2, 0.25) is 0 Å². The summed E-state index contributed by atoms with van der Waals surface area (Å²) in [4.78, 5) is 0. The first-order valence-corrected chi connectivity index (χ1v) is 11.2. The second-order valence-electron chi connectivity index (χ2n) is 10.0. The lowest BCUT2D eigenvalue weighted by molar-refractivity contribution is 0.589. The molecule has 31 heavy (non-hydrogen) atoms. The van der Waals surface area contributed by atoms with Gasteiger partial charge in [0, 0.05) is 0 Å². The van der Waals surface area contributed by atoms with Gasteiger partial charge in [0.05, 0.1) is 5.41 Å². The van der Waals surface area contributed by atoms with E-state index in [0.717, 1.165) is 0 Å². The Labute approximate surface area is 186 Å². The molecule has 1 aliphatic carbocycles. The third-order valence-corrected chi connectivity index (χ3v) is 6.84. The normalized spacial score (nSPS) is 14.2. The van der Waals surface area contributed by atoms with Crippen LogP contribution in [0.4, 0.5) is 0 Å². The predicted octanol–water partition coefficient (Wildman–Crippen LogP) is 7.96. The molecule has 0 fully saturated rings. The van der Waals surface area contributed by atoms with Crippen LogP contribution < -0.4 is 0 Å². The number of rotatable bonds is 2. The van der Waals surface area contributed by atoms with Gasteiger partial charge in [-0.25, -0.2) is 0 Å². The van der Waals surface area contributed by atoms with E-state index in [1.54, 1.807) is 0 Å². The van der Waals surface area contributed by atoms with Crippen LogP contribution in [0.2, 0.25) is 0 Å². The third kappa shape index (κ3) is 2.97. The van der Waals surface area contributed by atoms with Gasteiger partial charge in [-0.05, 0) is 58.2 Å². The average molecular weight is 403 g/mol. The molecule has 5 rings (SSSR count). The maximum atomic E-state index is 2.40. The number of fused-ring (bicyclic) bond motifs is 3. The standard InChI is InChI=1S/C31H30/c1-21-11-17-26-27-18-12-22(2)20-29(27)31(28(26)19-21,24-9-7-6-8-10-24)25-15-13-23(14-16-25)30(3,4)5/h6-20H,1-5H3. The molecule has 0 nitrogen and oxygen atoms in total. The largest absolute Gasteiger partial charge is 0.0713 e. The van der Waals surface area contributed by atoms with Crippen molar-refractivity contribution in [3.63, 3.8) is 0 Å². The summed E-state index contributed by atoms with van der Waals surface area (Å²) in [5.74, 6) is 0. The third-order valence-electron chi connectivity index (χ3n) is 6.84. The summed E-state index contributed by atoms with van der Waals surface area (Å²) in [6, 6.07) is 34.3. The van der Waals surface area contributed by atoms with Crippen LogP contribution in [0.3, 0.4) is 0 Å². The van der Waals surface area contributed by atoms with Gasteiger partial charge >= 0.3 is 0 Å². The van der Waals surface area contributed by atoms with Gasteiger partial charge in [-0.3, -0.25) is 0 Å². The predicted molar refractivity (Wildman–Crippen MR) is 132 cm³/mol. The average Bonchev–Trinajstić information content (AvgIpc) is 3.03. The van der Waals surface area contributed by atoms with Crippen LogP contribution in [0.25, 0.3) is 11.1 Å². The van der Waals surface area contributed by atoms with Crippen LogP contribution >= 0.6 is 0 Å². The van der Waals surface area contributed by atoms with Crippen molar-refractivity contribution in [2.24, 2.45) is 0 Å². The first-order valence-electron chi connectivity index (χ1n) is 11.2. The molecule has 0 aliphatic heterocycles. The smallest absolute Gasteiger partial charge is 0.0622 e. The Bertz CT molecular complexity index is 1200. The van der Waals surface area contributed by atoms with Gasteiger partial charge in [0.1, 0.15) is 0 Å². The number of benzene rings is 4. The van der Waals surface area contributed by atoms with Crippen LogP contribution in [0.15, 0.2) is 91.0 Å². The summed E-state index contributed by atoms with van der Waals surface area (Å²) in [7, 11) is 0. The van der Waals surface area contributed by atoms with Crippen molar-refractivity contribution in [1.29, 1.82) is 0 Å². The van der Waals surface area contributed by atoms with Gasteiger partial charge in [0.15, 0.2) is 0 Å². The Hall–Kier alpha value is -3.12. The van der Waals surface area contributed by atoms with E-state index in [0.29, 0.717) is 0 Å². The Balaban J connectivity index is 1.91. The number of hydrogen-bond acceptors (Lipinski definition) is 0. The monoisotopic (exact) mass is 402 g/mol. The van der Waals surface area contributed by atoms with Crippen molar-refractivity contribution in [1.82, 2.24) is 0 Å². The molecule has 4 aromatic carbocycles. The van der Waals surface area contributed by atoms with Gasteiger partial charge < -0.3 is 0 Å². The van der Waals surface area contributed by atoms with Crippen molar-refractivity contribution in [2.45, 2.75) is 45.4 Å². The maximum Gasteiger partial charge on any atom is 0.0713 e. The molecule has 154 valence electrons. The van der Waals surface area contributed by atoms with Crippen LogP contribution in [-0.4, -0.2) is 0 Å². The molecule has 0 heterocycles. The van der Waals surface area contributed by atoms with E-state index < -0.39 is 0 Å². The lowest BCUT2D eigenvalue weighted by Gasteiger charge is -2.34. The van der Waals surface area contributed by atoms with Crippen LogP contribution in [0, 0.1) is 13.8 Å². The zero-order valence-corrected chi connectivity index (χ0v) is 19.2. The molecule has 0 atom stereocenters. The minimum absolute atomic E-state index is 0.136. The van der Waals surface area contributed by atoms with Gasteiger partial charge in [-0.2, -0.15) is 0 Å². The van der Waals surface area contributed by atoms with Gasteiger partial charge in [-0.15, -0.1) is 0 Å². The van der Waals surface area contributed by atoms with Crippen molar-refractivity contribution < 1.29 is 0 Å². The molecule has 0 unspecified atom stereocenters. The topological polar surface area (TPSA) is 0 Å². The molecule has 4 aromatic rings. The molecule has 0 amide bonds. The highest BCUT2D eigenvalue weighted by atomic mass is 14.5. The number of hydrogen-bond donors (Lipinski definition) is 0. The van der Waals surface area contributed by atoms with Crippen LogP contribution in [0.5, 0.6) is 0 Å². The van der Waals surface area contributed by atoms with E-state index >= 15 is 0 Å². The van der Waals surface area contributed by atoms with Crippen molar-refractivity contribution >= 4 is 0 Å². The quantitative estimate of drug-likeness (QED) is 0.281. The van der Waals surface area contributed by atoms with Gasteiger partial charge in [0.25, 0.3) is 0 Å². The van der Waals surface area contributed by atoms with Crippen molar-refractivity contribution in [3.05, 3.63) is 130 Å². The SMILES string of the molecule is Cc1ccc2c(c1)C(c1ccccc1)(c1ccc(C(C)(C)C)cc1)c1cc(C)ccc1-2. The fourth-order valence-corrected chi connectivity index (χ4v) is 5.25. The lowest BCUT2D eigenvalue weighted by atomic mass is 9.67. The molecule has 0 spiro atoms. The molecule has 1 aliphatic rings. The molecule has 0 saturated carbocycles. The molecule has 0 bridgehead atoms. The van der Waals surface area contributed by atoms with Crippen molar-refractivity contribution in [3.8, 4) is 11.1 Å². The van der Waals surface area contributed by atoms with E-state index in [1.807, 2.05) is 0 Å². The minimum atomic E-state index is -0.305. The summed E-state index contributed by atoms with van der Waals surface area (Å²) >= 11 is 0. The summed E-state index contributed by atoms with van der Waals surface area (Å²) in [6.45, 7) is 11.2. The summed E-state index contributed by atoms with van der Waals surface area (Å²) in [5.41, 5.74) is 11.9. The van der Waals surface area contributed by atoms with Gasteiger partial charge in [-0.1, -0.05) is 123 Å². The molecule has 0 heteroatoms. The Morgan fingerprint density at radius 3 is 1.52 bits per heavy atom. The lowest BCUT2D eigenvalue weighted by Crippen LogP contribution is -2.29. The van der Waals surface area contributed by atoms with E-state index in [4.69, 9.17) is 0 Å². The van der Waals surface area contributed by atoms with Crippen LogP contribution in [0.1, 0.15) is 59.7 Å². The van der Waals surface area contributed by atoms with E-state index in [-0.39, 0.29) is 10.8 Å². The van der Waals surface area contributed by atoms with E-state index in [2.05, 4.69) is 126 Å². The highest BCUT2D eigenvalue weighted by Crippen LogP contribution is 2.56. The van der Waals surface area contributed by atoms with E-state index in [9.17, 15) is 0 Å². The van der Waals surface area contributed by atoms with Crippen molar-refractivity contribution in [2.75, 3.05) is 0 Å². The fraction of sp³-hybridized carbons (Fsp3) is 0.226. The summed E-state index contributed by atoms with van der Waals surface area (Å²) in [6.07, 6.45) is 0. The molecule has 0 saturated heterocycles. The number of aryl methyl sites for hydroxylation is 2. The second kappa shape index (κ2) is 6.95. The first-order chi connectivity index (χ1) is 14.8. The second-order valence-corrected chi connectivity index (χ2v) is 10.0. The molecule has 0 N–H and O–H groups in total. The highest BCUT2D eigenvalue weighted by molar-refractivity contribution is 5.86. The maximum absolute atomic E-state index is 2.40. The Morgan fingerprint density at radius 1 is 0.548 bits per heavy atom. The summed E-state index contributed by atoms with van der Waals surface area (Å²) in [5, 5.41) is 0. The highest BCUT2D eigenvalue weighted by Gasteiger charge is 2.46. The molecular formula is C31H30. The molecule has 0 aromatic heterocycles. The minimum Gasteiger partial charge on any atom is -0.0622 e. The Morgan fingerprint density at radius 2 is 1.03 bits per heavy atom. The summed E-state index contributed by atoms with van der Waals surface area (Å²) < 4.78 is 0. The zero-order valence-electron chi connectivity index (χ0n) is 19.2. The molecular weight excluding hydrogens is 372 g/mol. The van der Waals surface area contributed by atoms with Crippen LogP contribution in [-0.2, 0) is 10.8 Å². The Kier molecular flexibility index (Phi) is 4.45. The first kappa shape index (κ1) is 19.8. The zero-order chi connectivity index (χ0) is 21.8. The fourth-order valence-electron chi connectivity index (χ4n) is 5.25. The van der Waals surface area contributed by atoms with E-state index in [1.165, 1.54) is 50.1 Å². The molecule has 0 radical (unpaired) electrons.